The van der Waals surface area contributed by atoms with Crippen LogP contribution in [0, 0.1) is 0 Å². The summed E-state index contributed by atoms with van der Waals surface area (Å²) >= 11 is 1.77. The zero-order valence-electron chi connectivity index (χ0n) is 34.2. The number of nitrogens with zero attached hydrogens (tertiary/aromatic N) is 2. The van der Waals surface area contributed by atoms with Gasteiger partial charge in [-0.1, -0.05) is 176 Å². The highest BCUT2D eigenvalue weighted by Gasteiger charge is 2.51. The van der Waals surface area contributed by atoms with Crippen LogP contribution in [0.3, 0.4) is 0 Å². The summed E-state index contributed by atoms with van der Waals surface area (Å²) < 4.78 is 8.90. The van der Waals surface area contributed by atoms with Crippen molar-refractivity contribution in [1.29, 1.82) is 0 Å². The fourth-order valence-electron chi connectivity index (χ4n) is 10.4. The third kappa shape index (κ3) is 5.58. The molecule has 3 aliphatic rings. The summed E-state index contributed by atoms with van der Waals surface area (Å²) in [4.78, 5) is 10.6. The summed E-state index contributed by atoms with van der Waals surface area (Å²) in [5.41, 5.74) is 17.0. The number of aromatic nitrogens is 2. The van der Waals surface area contributed by atoms with Gasteiger partial charge in [-0.05, 0) is 92.9 Å². The molecule has 1 unspecified atom stereocenters. The Labute approximate surface area is 370 Å². The Morgan fingerprint density at radius 1 is 0.492 bits per heavy atom. The van der Waals surface area contributed by atoms with Gasteiger partial charge in [0.05, 0.1) is 21.3 Å². The lowest BCUT2D eigenvalue weighted by atomic mass is 9.66. The second kappa shape index (κ2) is 14.2. The van der Waals surface area contributed by atoms with Gasteiger partial charge in [-0.3, -0.25) is 0 Å². The SMILES string of the molecule is C1=CCC(c2cccc(-c3nc(-c4cccc(-c5ccc(-c6ccc7c(c6)C6(c8ccccc8Oc8ccccc86)c6ccccc6-7)cc5)c4)c4sc5ccccc5c4n3)c2)C=C1. The molecule has 3 heterocycles. The van der Waals surface area contributed by atoms with Gasteiger partial charge >= 0.3 is 0 Å². The number of para-hydroxylation sites is 2. The smallest absolute Gasteiger partial charge is 0.160 e. The average molecular weight is 823 g/mol. The van der Waals surface area contributed by atoms with Gasteiger partial charge in [0.25, 0.3) is 0 Å². The molecule has 0 saturated carbocycles. The van der Waals surface area contributed by atoms with E-state index in [1.54, 1.807) is 11.3 Å². The molecule has 1 spiro atoms. The molecule has 2 aliphatic carbocycles. The third-order valence-electron chi connectivity index (χ3n) is 13.3. The third-order valence-corrected chi connectivity index (χ3v) is 14.5. The second-order valence-electron chi connectivity index (χ2n) is 16.8. The Hall–Kier alpha value is -7.66. The van der Waals surface area contributed by atoms with Gasteiger partial charge in [-0.25, -0.2) is 9.97 Å². The van der Waals surface area contributed by atoms with E-state index in [-0.39, 0.29) is 0 Å². The summed E-state index contributed by atoms with van der Waals surface area (Å²) in [6.45, 7) is 0. The Morgan fingerprint density at radius 2 is 1.14 bits per heavy atom. The molecule has 296 valence electrons. The van der Waals surface area contributed by atoms with Crippen LogP contribution in [0.5, 0.6) is 11.5 Å². The van der Waals surface area contributed by atoms with Crippen LogP contribution in [0.1, 0.15) is 40.2 Å². The Bertz CT molecular complexity index is 3490. The summed E-state index contributed by atoms with van der Waals surface area (Å²) in [5, 5.41) is 1.16. The molecule has 13 rings (SSSR count). The maximum atomic E-state index is 6.58. The number of hydrogen-bond acceptors (Lipinski definition) is 4. The van der Waals surface area contributed by atoms with Crippen LogP contribution < -0.4 is 4.74 Å². The molecule has 0 saturated heterocycles. The summed E-state index contributed by atoms with van der Waals surface area (Å²) in [6.07, 6.45) is 9.79. The first-order valence-corrected chi connectivity index (χ1v) is 22.5. The maximum Gasteiger partial charge on any atom is 0.160 e. The van der Waals surface area contributed by atoms with Crippen LogP contribution in [0.2, 0.25) is 0 Å². The summed E-state index contributed by atoms with van der Waals surface area (Å²) in [7, 11) is 0. The van der Waals surface area contributed by atoms with Crippen LogP contribution in [-0.2, 0) is 5.41 Å². The van der Waals surface area contributed by atoms with Crippen molar-refractivity contribution in [3.8, 4) is 67.5 Å². The van der Waals surface area contributed by atoms with E-state index in [0.29, 0.717) is 5.92 Å². The molecule has 63 heavy (non-hydrogen) atoms. The van der Waals surface area contributed by atoms with Crippen LogP contribution in [0.4, 0.5) is 0 Å². The standard InChI is InChI=1S/C59H38N2OS/c1-2-14-37(15-3-1)41-17-13-19-44(35-41)58-60-55(57-56(61-58)47-21-5-11-27-54(47)63-57)43-18-12-16-40(34-43)38-28-30-39(31-29-38)42-32-33-46-45-20-4-6-22-48(45)59(51(46)36-42)49-23-7-9-25-52(49)62-53-26-10-8-24-50(53)59/h1-14,16-37H,15H2. The number of benzene rings is 8. The Balaban J connectivity index is 0.897. The minimum atomic E-state index is -0.498. The predicted octanol–water partition coefficient (Wildman–Crippen LogP) is 15.6. The monoisotopic (exact) mass is 822 g/mol. The molecule has 0 bridgehead atoms. The van der Waals surface area contributed by atoms with Crippen molar-refractivity contribution in [3.05, 3.63) is 240 Å². The van der Waals surface area contributed by atoms with E-state index in [4.69, 9.17) is 14.7 Å². The number of fused-ring (bicyclic) bond motifs is 12. The van der Waals surface area contributed by atoms with Gasteiger partial charge in [0.15, 0.2) is 5.82 Å². The van der Waals surface area contributed by atoms with Gasteiger partial charge in [0, 0.05) is 38.3 Å². The molecular weight excluding hydrogens is 785 g/mol. The number of allylic oxidation sites excluding steroid dienone is 4. The average Bonchev–Trinajstić information content (AvgIpc) is 3.88. The van der Waals surface area contributed by atoms with Crippen LogP contribution >= 0.6 is 11.3 Å². The minimum absolute atomic E-state index is 0.349. The Kier molecular flexibility index (Phi) is 8.12. The molecule has 4 heteroatoms. The van der Waals surface area contributed by atoms with E-state index in [1.807, 2.05) is 0 Å². The van der Waals surface area contributed by atoms with Crippen molar-refractivity contribution in [2.45, 2.75) is 17.8 Å². The van der Waals surface area contributed by atoms with Gasteiger partial charge in [-0.15, -0.1) is 11.3 Å². The molecule has 0 amide bonds. The highest BCUT2D eigenvalue weighted by Crippen LogP contribution is 2.62. The van der Waals surface area contributed by atoms with Crippen LogP contribution in [0.25, 0.3) is 76.3 Å². The molecule has 2 aromatic heterocycles. The lowest BCUT2D eigenvalue weighted by molar-refractivity contribution is 0.436. The first kappa shape index (κ1) is 36.0. The minimum Gasteiger partial charge on any atom is -0.457 e. The number of thiophene rings is 1. The molecule has 10 aromatic rings. The molecular formula is C59H38N2OS. The first-order chi connectivity index (χ1) is 31.2. The molecule has 1 aliphatic heterocycles. The highest BCUT2D eigenvalue weighted by atomic mass is 32.1. The topological polar surface area (TPSA) is 35.0 Å². The number of rotatable bonds is 5. The zero-order valence-corrected chi connectivity index (χ0v) is 35.0. The van der Waals surface area contributed by atoms with Crippen molar-refractivity contribution in [3.63, 3.8) is 0 Å². The number of ether oxygens (including phenoxy) is 1. The molecule has 0 fully saturated rings. The molecule has 8 aromatic carbocycles. The fraction of sp³-hybridized carbons (Fsp3) is 0.0508. The van der Waals surface area contributed by atoms with Crippen molar-refractivity contribution in [2.75, 3.05) is 0 Å². The summed E-state index contributed by atoms with van der Waals surface area (Å²) in [5.74, 6) is 2.91. The lowest BCUT2D eigenvalue weighted by Gasteiger charge is -2.39. The van der Waals surface area contributed by atoms with Crippen molar-refractivity contribution in [2.24, 2.45) is 0 Å². The molecule has 1 atom stereocenters. The second-order valence-corrected chi connectivity index (χ2v) is 17.8. The van der Waals surface area contributed by atoms with E-state index < -0.39 is 5.41 Å². The molecule has 0 N–H and O–H groups in total. The van der Waals surface area contributed by atoms with Gasteiger partial charge in [0.2, 0.25) is 0 Å². The first-order valence-electron chi connectivity index (χ1n) is 21.7. The van der Waals surface area contributed by atoms with Gasteiger partial charge < -0.3 is 4.74 Å². The molecule has 3 nitrogen and oxygen atoms in total. The fourth-order valence-corrected chi connectivity index (χ4v) is 11.5. The Morgan fingerprint density at radius 3 is 1.94 bits per heavy atom. The van der Waals surface area contributed by atoms with E-state index in [9.17, 15) is 0 Å². The predicted molar refractivity (Wildman–Crippen MR) is 260 cm³/mol. The summed E-state index contributed by atoms with van der Waals surface area (Å²) in [6, 6.07) is 68.3. The number of hydrogen-bond donors (Lipinski definition) is 0. The van der Waals surface area contributed by atoms with E-state index in [0.717, 1.165) is 67.3 Å². The van der Waals surface area contributed by atoms with Crippen molar-refractivity contribution < 1.29 is 4.74 Å². The van der Waals surface area contributed by atoms with E-state index in [1.165, 1.54) is 54.8 Å². The van der Waals surface area contributed by atoms with Crippen LogP contribution in [0.15, 0.2) is 212 Å². The van der Waals surface area contributed by atoms with Gasteiger partial charge in [0.1, 0.15) is 11.5 Å². The quantitative estimate of drug-likeness (QED) is 0.173. The largest absolute Gasteiger partial charge is 0.457 e. The van der Waals surface area contributed by atoms with Crippen LogP contribution in [-0.4, -0.2) is 9.97 Å². The van der Waals surface area contributed by atoms with Gasteiger partial charge in [-0.2, -0.15) is 0 Å². The highest BCUT2D eigenvalue weighted by molar-refractivity contribution is 7.26. The van der Waals surface area contributed by atoms with Crippen molar-refractivity contribution in [1.82, 2.24) is 9.97 Å². The lowest BCUT2D eigenvalue weighted by Crippen LogP contribution is -2.32. The normalized spacial score (nSPS) is 15.2. The van der Waals surface area contributed by atoms with E-state index in [2.05, 4.69) is 212 Å². The molecule has 0 radical (unpaired) electrons. The van der Waals surface area contributed by atoms with E-state index >= 15 is 0 Å². The maximum absolute atomic E-state index is 6.58. The zero-order chi connectivity index (χ0) is 41.5. The van der Waals surface area contributed by atoms with Crippen molar-refractivity contribution >= 4 is 31.6 Å².